The number of nitrogens with zero attached hydrogens (tertiary/aromatic N) is 1. The van der Waals surface area contributed by atoms with Gasteiger partial charge in [-0.1, -0.05) is 54.6 Å². The molecule has 2 unspecified atom stereocenters. The highest BCUT2D eigenvalue weighted by atomic mass is 16.6. The Balaban J connectivity index is 1.69. The van der Waals surface area contributed by atoms with Crippen LogP contribution in [0.3, 0.4) is 0 Å². The number of hydrogen-bond donors (Lipinski definition) is 3. The lowest BCUT2D eigenvalue weighted by molar-refractivity contribution is -0.112. The van der Waals surface area contributed by atoms with E-state index in [0.29, 0.717) is 11.5 Å². The fraction of sp³-hybridized carbons (Fsp3) is 0.290. The van der Waals surface area contributed by atoms with Gasteiger partial charge in [0.15, 0.2) is 6.23 Å². The molecule has 3 N–H and O–H groups in total. The zero-order valence-corrected chi connectivity index (χ0v) is 22.9. The number of nitrogens with one attached hydrogen (secondary N) is 1. The molecule has 214 valence electrons. The Morgan fingerprint density at radius 3 is 1.93 bits per heavy atom. The van der Waals surface area contributed by atoms with E-state index in [1.807, 2.05) is 78.9 Å². The van der Waals surface area contributed by atoms with Crippen molar-refractivity contribution in [2.45, 2.75) is 37.1 Å². The number of aromatic nitrogens is 2. The Labute approximate surface area is 236 Å². The van der Waals surface area contributed by atoms with Crippen LogP contribution in [0, 0.1) is 6.92 Å². The minimum Gasteiger partial charge on any atom is -0.497 e. The first-order valence-corrected chi connectivity index (χ1v) is 13.1. The third-order valence-corrected chi connectivity index (χ3v) is 7.40. The lowest BCUT2D eigenvalue weighted by atomic mass is 9.79. The molecule has 0 saturated carbocycles. The van der Waals surface area contributed by atoms with Crippen LogP contribution in [0.2, 0.25) is 0 Å². The van der Waals surface area contributed by atoms with Gasteiger partial charge in [-0.3, -0.25) is 14.3 Å². The largest absolute Gasteiger partial charge is 0.497 e. The molecule has 4 atom stereocenters. The summed E-state index contributed by atoms with van der Waals surface area (Å²) in [4.78, 5) is 26.9. The maximum Gasteiger partial charge on any atom is 0.330 e. The van der Waals surface area contributed by atoms with Crippen molar-refractivity contribution in [2.75, 3.05) is 20.8 Å². The van der Waals surface area contributed by atoms with Crippen molar-refractivity contribution in [1.29, 1.82) is 0 Å². The highest BCUT2D eigenvalue weighted by Crippen LogP contribution is 2.45. The van der Waals surface area contributed by atoms with Crippen LogP contribution in [0.1, 0.15) is 28.5 Å². The van der Waals surface area contributed by atoms with E-state index in [9.17, 15) is 19.8 Å². The topological polar surface area (TPSA) is 132 Å². The summed E-state index contributed by atoms with van der Waals surface area (Å²) >= 11 is 0. The van der Waals surface area contributed by atoms with E-state index in [-0.39, 0.29) is 5.56 Å². The molecule has 1 aromatic heterocycles. The van der Waals surface area contributed by atoms with Crippen molar-refractivity contribution >= 4 is 0 Å². The Morgan fingerprint density at radius 2 is 1.41 bits per heavy atom. The molecule has 5 rings (SSSR count). The maximum absolute atomic E-state index is 12.7. The molecule has 1 aliphatic rings. The van der Waals surface area contributed by atoms with Gasteiger partial charge in [0.1, 0.15) is 35.4 Å². The highest BCUT2D eigenvalue weighted by Gasteiger charge is 2.51. The lowest BCUT2D eigenvalue weighted by Gasteiger charge is -2.39. The van der Waals surface area contributed by atoms with E-state index >= 15 is 0 Å². The number of rotatable bonds is 9. The predicted molar refractivity (Wildman–Crippen MR) is 150 cm³/mol. The van der Waals surface area contributed by atoms with Crippen molar-refractivity contribution in [2.24, 2.45) is 0 Å². The summed E-state index contributed by atoms with van der Waals surface area (Å²) < 4.78 is 24.9. The molecule has 0 spiro atoms. The van der Waals surface area contributed by atoms with Crippen molar-refractivity contribution in [3.63, 3.8) is 0 Å². The first-order chi connectivity index (χ1) is 19.8. The standard InChI is InChI=1S/C31H32N2O8/c1-19-17-33(30(37)32-28(19)36)29-26(35)27(25(18-34)40-29)41-31(20-7-5-4-6-8-20,21-9-13-23(38-2)14-10-21)22-11-15-24(39-3)16-12-22/h4-17,25-27,29,34-35H,18H2,1-3H3,(H,32,36,37)/t25-,26?,27?,29-/m1/s1. The van der Waals surface area contributed by atoms with Crippen LogP contribution in [0.4, 0.5) is 0 Å². The number of methoxy groups -OCH3 is 2. The Morgan fingerprint density at radius 1 is 0.878 bits per heavy atom. The molecule has 0 radical (unpaired) electrons. The number of aliphatic hydroxyl groups excluding tert-OH is 2. The summed E-state index contributed by atoms with van der Waals surface area (Å²) in [5, 5.41) is 21.9. The van der Waals surface area contributed by atoms with Gasteiger partial charge < -0.3 is 29.2 Å². The number of hydrogen-bond acceptors (Lipinski definition) is 8. The molecule has 10 nitrogen and oxygen atoms in total. The number of benzene rings is 3. The number of ether oxygens (including phenoxy) is 4. The van der Waals surface area contributed by atoms with Crippen LogP contribution < -0.4 is 20.7 Å². The van der Waals surface area contributed by atoms with E-state index in [1.54, 1.807) is 21.1 Å². The second-order valence-corrected chi connectivity index (χ2v) is 9.80. The minimum absolute atomic E-state index is 0.264. The van der Waals surface area contributed by atoms with E-state index in [4.69, 9.17) is 18.9 Å². The van der Waals surface area contributed by atoms with Gasteiger partial charge in [-0.25, -0.2) is 4.79 Å². The molecule has 0 aliphatic carbocycles. The van der Waals surface area contributed by atoms with Crippen LogP contribution >= 0.6 is 0 Å². The number of aryl methyl sites for hydroxylation is 1. The van der Waals surface area contributed by atoms with Gasteiger partial charge in [0, 0.05) is 11.8 Å². The normalized spacial score (nSPS) is 20.6. The average molecular weight is 561 g/mol. The second kappa shape index (κ2) is 11.7. The van der Waals surface area contributed by atoms with Gasteiger partial charge >= 0.3 is 5.69 Å². The summed E-state index contributed by atoms with van der Waals surface area (Å²) in [7, 11) is 3.16. The second-order valence-electron chi connectivity index (χ2n) is 9.80. The molecule has 3 aromatic carbocycles. The first-order valence-electron chi connectivity index (χ1n) is 13.1. The highest BCUT2D eigenvalue weighted by molar-refractivity contribution is 5.50. The fourth-order valence-corrected chi connectivity index (χ4v) is 5.25. The monoisotopic (exact) mass is 560 g/mol. The SMILES string of the molecule is COc1ccc(C(OC2C(O)[C@H](n3cc(C)c(=O)[nH]c3=O)O[C@@H]2CO)(c2ccccc2)c2ccc(OC)cc2)cc1. The minimum atomic E-state index is -1.39. The van der Waals surface area contributed by atoms with Gasteiger partial charge in [-0.15, -0.1) is 0 Å². The molecule has 2 heterocycles. The van der Waals surface area contributed by atoms with E-state index in [1.165, 1.54) is 6.20 Å². The van der Waals surface area contributed by atoms with Crippen LogP contribution in [0.15, 0.2) is 94.6 Å². The van der Waals surface area contributed by atoms with E-state index < -0.39 is 48.0 Å². The smallest absolute Gasteiger partial charge is 0.330 e. The molecular formula is C31H32N2O8. The summed E-state index contributed by atoms with van der Waals surface area (Å²) in [5.41, 5.74) is -0.129. The van der Waals surface area contributed by atoms with Crippen LogP contribution in [0.5, 0.6) is 11.5 Å². The summed E-state index contributed by atoms with van der Waals surface area (Å²) in [6.07, 6.45) is -3.40. The third-order valence-electron chi connectivity index (χ3n) is 7.40. The van der Waals surface area contributed by atoms with Crippen molar-refractivity contribution < 1.29 is 29.2 Å². The Kier molecular flexibility index (Phi) is 8.09. The molecular weight excluding hydrogens is 528 g/mol. The number of aliphatic hydroxyl groups is 2. The summed E-state index contributed by atoms with van der Waals surface area (Å²) in [5.74, 6) is 1.30. The number of H-pyrrole nitrogens is 1. The van der Waals surface area contributed by atoms with Crippen molar-refractivity contribution in [1.82, 2.24) is 9.55 Å². The average Bonchev–Trinajstić information content (AvgIpc) is 3.32. The zero-order chi connectivity index (χ0) is 29.1. The summed E-state index contributed by atoms with van der Waals surface area (Å²) in [6, 6.07) is 24.3. The molecule has 10 heteroatoms. The van der Waals surface area contributed by atoms with Crippen molar-refractivity contribution in [3.8, 4) is 11.5 Å². The maximum atomic E-state index is 12.7. The molecule has 1 fully saturated rings. The fourth-order valence-electron chi connectivity index (χ4n) is 5.25. The molecule has 0 bridgehead atoms. The lowest BCUT2D eigenvalue weighted by Crippen LogP contribution is -2.45. The predicted octanol–water partition coefficient (Wildman–Crippen LogP) is 2.49. The summed E-state index contributed by atoms with van der Waals surface area (Å²) in [6.45, 7) is 1.05. The number of aromatic amines is 1. The first kappa shape index (κ1) is 28.3. The van der Waals surface area contributed by atoms with E-state index in [0.717, 1.165) is 21.3 Å². The molecule has 41 heavy (non-hydrogen) atoms. The van der Waals surface area contributed by atoms with Crippen LogP contribution in [-0.2, 0) is 15.1 Å². The molecule has 0 amide bonds. The van der Waals surface area contributed by atoms with Gasteiger partial charge in [-0.05, 0) is 47.9 Å². The van der Waals surface area contributed by atoms with Gasteiger partial charge in [0.2, 0.25) is 0 Å². The quantitative estimate of drug-likeness (QED) is 0.266. The van der Waals surface area contributed by atoms with Crippen molar-refractivity contribution in [3.05, 3.63) is 128 Å². The zero-order valence-electron chi connectivity index (χ0n) is 22.9. The van der Waals surface area contributed by atoms with Gasteiger partial charge in [-0.2, -0.15) is 0 Å². The van der Waals surface area contributed by atoms with Gasteiger partial charge in [0.05, 0.1) is 20.8 Å². The Hall–Kier alpha value is -4.22. The third kappa shape index (κ3) is 5.18. The van der Waals surface area contributed by atoms with Gasteiger partial charge in [0.25, 0.3) is 5.56 Å². The van der Waals surface area contributed by atoms with E-state index in [2.05, 4.69) is 4.98 Å². The Bertz CT molecular complexity index is 1530. The molecule has 1 saturated heterocycles. The molecule has 4 aromatic rings. The molecule has 1 aliphatic heterocycles. The van der Waals surface area contributed by atoms with Crippen LogP contribution in [0.25, 0.3) is 0 Å². The van der Waals surface area contributed by atoms with Crippen LogP contribution in [-0.4, -0.2) is 58.9 Å².